The van der Waals surface area contributed by atoms with Gasteiger partial charge in [0.1, 0.15) is 5.82 Å². The van der Waals surface area contributed by atoms with Crippen LogP contribution in [0.5, 0.6) is 0 Å². The molecule has 2 aromatic carbocycles. The van der Waals surface area contributed by atoms with Gasteiger partial charge in [-0.2, -0.15) is 0 Å². The maximum Gasteiger partial charge on any atom is 0.304 e. The van der Waals surface area contributed by atoms with Crippen molar-refractivity contribution in [1.29, 1.82) is 0 Å². The predicted molar refractivity (Wildman–Crippen MR) is 130 cm³/mol. The van der Waals surface area contributed by atoms with Gasteiger partial charge in [-0.25, -0.2) is 9.37 Å². The van der Waals surface area contributed by atoms with Gasteiger partial charge in [0, 0.05) is 23.1 Å². The Morgan fingerprint density at radius 2 is 1.91 bits per heavy atom. The molecule has 0 amide bonds. The van der Waals surface area contributed by atoms with Gasteiger partial charge in [0.15, 0.2) is 0 Å². The number of halogens is 2. The second kappa shape index (κ2) is 10.4. The molecule has 0 N–H and O–H groups in total. The lowest BCUT2D eigenvalue weighted by Crippen LogP contribution is -2.09. The van der Waals surface area contributed by atoms with Crippen molar-refractivity contribution in [3.63, 3.8) is 0 Å². The van der Waals surface area contributed by atoms with Crippen molar-refractivity contribution in [3.8, 4) is 11.3 Å². The van der Waals surface area contributed by atoms with Gasteiger partial charge in [-0.3, -0.25) is 4.79 Å². The maximum atomic E-state index is 13.6. The van der Waals surface area contributed by atoms with Gasteiger partial charge in [-0.05, 0) is 59.7 Å². The molecule has 0 fully saturated rings. The lowest BCUT2D eigenvalue weighted by atomic mass is 10.0. The van der Waals surface area contributed by atoms with Gasteiger partial charge in [0.25, 0.3) is 0 Å². The molecular formula is C25H22ClFN6O2. The Morgan fingerprint density at radius 1 is 1.17 bits per heavy atom. The molecule has 2 aromatic heterocycles. The van der Waals surface area contributed by atoms with E-state index in [1.165, 1.54) is 19.1 Å². The van der Waals surface area contributed by atoms with E-state index in [0.717, 1.165) is 27.2 Å². The van der Waals surface area contributed by atoms with E-state index in [-0.39, 0.29) is 18.4 Å². The van der Waals surface area contributed by atoms with Crippen LogP contribution in [0.4, 0.5) is 4.39 Å². The van der Waals surface area contributed by atoms with E-state index in [1.807, 2.05) is 35.8 Å². The van der Waals surface area contributed by atoms with Crippen LogP contribution in [0.3, 0.4) is 0 Å². The van der Waals surface area contributed by atoms with Crippen molar-refractivity contribution in [2.45, 2.75) is 27.1 Å². The molecule has 0 atom stereocenters. The van der Waals surface area contributed by atoms with Gasteiger partial charge in [0.2, 0.25) is 12.6 Å². The normalized spacial score (nSPS) is 11.5. The number of rotatable bonds is 8. The fourth-order valence-electron chi connectivity index (χ4n) is 3.48. The summed E-state index contributed by atoms with van der Waals surface area (Å²) in [5, 5.41) is 12.7. The zero-order valence-corrected chi connectivity index (χ0v) is 19.9. The highest BCUT2D eigenvalue weighted by molar-refractivity contribution is 6.31. The number of benzene rings is 2. The van der Waals surface area contributed by atoms with Gasteiger partial charge in [-0.15, -0.1) is 15.0 Å². The number of carbonyl (C=O) groups is 1. The van der Waals surface area contributed by atoms with Crippen molar-refractivity contribution in [3.05, 3.63) is 95.4 Å². The fraction of sp³-hybridized carbons (Fsp3) is 0.160. The molecule has 0 radical (unpaired) electrons. The van der Waals surface area contributed by atoms with E-state index in [0.29, 0.717) is 22.8 Å². The smallest absolute Gasteiger partial charge is 0.304 e. The number of hydrogen-bond donors (Lipinski definition) is 0. The predicted octanol–water partition coefficient (Wildman–Crippen LogP) is 5.01. The molecule has 0 aliphatic heterocycles. The molecule has 2 heterocycles. The molecule has 0 spiro atoms. The van der Waals surface area contributed by atoms with Crippen LogP contribution in [-0.2, 0) is 22.8 Å². The first-order valence-electron chi connectivity index (χ1n) is 10.7. The van der Waals surface area contributed by atoms with E-state index in [4.69, 9.17) is 16.3 Å². The lowest BCUT2D eigenvalue weighted by Gasteiger charge is -2.12. The molecule has 4 aromatic rings. The van der Waals surface area contributed by atoms with Gasteiger partial charge in [0.05, 0.1) is 24.3 Å². The summed E-state index contributed by atoms with van der Waals surface area (Å²) in [4.78, 5) is 16.8. The summed E-state index contributed by atoms with van der Waals surface area (Å²) in [5.41, 5.74) is 4.52. The standard InChI is InChI=1S/C25H22ClFN6O2/c1-16(12-17(2)25-29-31-33(30-25)15-35-18(3)34)23-24(19-8-10-21(27)11-9-19)32(14-28-23)13-20-6-4-5-7-22(20)26/h4-12,14H,2,13,15H2,1,3H3. The number of imidazole rings is 1. The fourth-order valence-corrected chi connectivity index (χ4v) is 3.68. The van der Waals surface area contributed by atoms with Crippen molar-refractivity contribution in [2.75, 3.05) is 0 Å². The zero-order valence-electron chi connectivity index (χ0n) is 19.2. The lowest BCUT2D eigenvalue weighted by molar-refractivity contribution is -0.145. The minimum Gasteiger partial charge on any atom is -0.441 e. The van der Waals surface area contributed by atoms with E-state index < -0.39 is 5.97 Å². The van der Waals surface area contributed by atoms with Crippen LogP contribution in [0.15, 0.2) is 67.5 Å². The largest absolute Gasteiger partial charge is 0.441 e. The maximum absolute atomic E-state index is 13.6. The number of allylic oxidation sites excluding steroid dienone is 3. The van der Waals surface area contributed by atoms with Crippen LogP contribution in [0, 0.1) is 5.82 Å². The molecule has 0 bridgehead atoms. The topological polar surface area (TPSA) is 87.7 Å². The number of aromatic nitrogens is 6. The number of hydrogen-bond acceptors (Lipinski definition) is 6. The summed E-state index contributed by atoms with van der Waals surface area (Å²) >= 11 is 6.39. The van der Waals surface area contributed by atoms with Crippen LogP contribution in [0.1, 0.15) is 30.9 Å². The van der Waals surface area contributed by atoms with Crippen molar-refractivity contribution >= 4 is 28.7 Å². The van der Waals surface area contributed by atoms with Crippen molar-refractivity contribution in [2.24, 2.45) is 0 Å². The van der Waals surface area contributed by atoms with Gasteiger partial charge in [-0.1, -0.05) is 36.4 Å². The average Bonchev–Trinajstić information content (AvgIpc) is 3.47. The molecular weight excluding hydrogens is 471 g/mol. The Bertz CT molecular complexity index is 1410. The number of tetrazole rings is 1. The molecule has 178 valence electrons. The van der Waals surface area contributed by atoms with Crippen LogP contribution in [-0.4, -0.2) is 35.7 Å². The number of esters is 1. The molecule has 10 heteroatoms. The molecule has 8 nitrogen and oxygen atoms in total. The monoisotopic (exact) mass is 492 g/mol. The second-order valence-electron chi connectivity index (χ2n) is 7.77. The van der Waals surface area contributed by atoms with Gasteiger partial charge >= 0.3 is 5.97 Å². The Hall–Kier alpha value is -4.11. The molecule has 4 rings (SSSR count). The summed E-state index contributed by atoms with van der Waals surface area (Å²) in [7, 11) is 0. The summed E-state index contributed by atoms with van der Waals surface area (Å²) in [6, 6.07) is 13.8. The van der Waals surface area contributed by atoms with Gasteiger partial charge < -0.3 is 9.30 Å². The Morgan fingerprint density at radius 3 is 2.63 bits per heavy atom. The molecule has 0 saturated carbocycles. The molecule has 35 heavy (non-hydrogen) atoms. The zero-order chi connectivity index (χ0) is 24.9. The summed E-state index contributed by atoms with van der Waals surface area (Å²) in [5.74, 6) is -0.481. The second-order valence-corrected chi connectivity index (χ2v) is 8.18. The summed E-state index contributed by atoms with van der Waals surface area (Å²) < 4.78 is 20.5. The summed E-state index contributed by atoms with van der Waals surface area (Å²) in [6.07, 6.45) is 3.52. The summed E-state index contributed by atoms with van der Waals surface area (Å²) in [6.45, 7) is 7.57. The highest BCUT2D eigenvalue weighted by atomic mass is 35.5. The average molecular weight is 493 g/mol. The van der Waals surface area contributed by atoms with Crippen LogP contribution in [0.2, 0.25) is 5.02 Å². The SMILES string of the molecule is C=C(C=C(C)c1ncn(Cc2ccccc2Cl)c1-c1ccc(F)cc1)c1nnn(COC(C)=O)n1. The number of ether oxygens (including phenoxy) is 1. The first-order chi connectivity index (χ1) is 16.8. The Kier molecular flexibility index (Phi) is 7.17. The highest BCUT2D eigenvalue weighted by Gasteiger charge is 2.17. The molecule has 0 saturated heterocycles. The quantitative estimate of drug-likeness (QED) is 0.253. The highest BCUT2D eigenvalue weighted by Crippen LogP contribution is 2.31. The van der Waals surface area contributed by atoms with Crippen LogP contribution in [0.25, 0.3) is 22.4 Å². The first kappa shape index (κ1) is 24.0. The van der Waals surface area contributed by atoms with E-state index in [2.05, 4.69) is 27.0 Å². The first-order valence-corrected chi connectivity index (χ1v) is 11.0. The molecule has 0 aliphatic carbocycles. The minimum atomic E-state index is -0.445. The van der Waals surface area contributed by atoms with E-state index in [1.54, 1.807) is 24.5 Å². The molecule has 0 unspecified atom stereocenters. The number of nitrogens with zero attached hydrogens (tertiary/aromatic N) is 6. The molecule has 0 aliphatic rings. The van der Waals surface area contributed by atoms with Crippen molar-refractivity contribution in [1.82, 2.24) is 29.8 Å². The van der Waals surface area contributed by atoms with Crippen LogP contribution < -0.4 is 0 Å². The number of carbonyl (C=O) groups excluding carboxylic acids is 1. The third kappa shape index (κ3) is 5.70. The third-order valence-corrected chi connectivity index (χ3v) is 5.51. The van der Waals surface area contributed by atoms with Crippen LogP contribution >= 0.6 is 11.6 Å². The Labute approximate surface area is 206 Å². The Balaban J connectivity index is 1.68. The van der Waals surface area contributed by atoms with E-state index in [9.17, 15) is 9.18 Å². The third-order valence-electron chi connectivity index (χ3n) is 5.14. The minimum absolute atomic E-state index is 0.139. The van der Waals surface area contributed by atoms with E-state index >= 15 is 0 Å². The van der Waals surface area contributed by atoms with Crippen molar-refractivity contribution < 1.29 is 13.9 Å².